The summed E-state index contributed by atoms with van der Waals surface area (Å²) in [6, 6.07) is 3.57. The molecule has 2 unspecified atom stereocenters. The summed E-state index contributed by atoms with van der Waals surface area (Å²) in [5.41, 5.74) is 2.33. The number of piperidine rings is 1. The van der Waals surface area contributed by atoms with E-state index in [2.05, 4.69) is 23.3 Å². The summed E-state index contributed by atoms with van der Waals surface area (Å²) in [7, 11) is 3.85. The summed E-state index contributed by atoms with van der Waals surface area (Å²) in [5, 5.41) is 11.8. The molecule has 196 valence electrons. The highest BCUT2D eigenvalue weighted by Gasteiger charge is 2.66. The Labute approximate surface area is 211 Å². The van der Waals surface area contributed by atoms with Crippen molar-refractivity contribution in [2.45, 2.75) is 82.1 Å². The highest BCUT2D eigenvalue weighted by Crippen LogP contribution is 2.64. The maximum Gasteiger partial charge on any atom is 0.326 e. The highest BCUT2D eigenvalue weighted by molar-refractivity contribution is 5.86. The molecule has 9 nitrogen and oxygen atoms in total. The summed E-state index contributed by atoms with van der Waals surface area (Å²) in [4.78, 5) is 38.9. The minimum Gasteiger partial charge on any atom is -0.493 e. The zero-order valence-corrected chi connectivity index (χ0v) is 21.4. The molecule has 1 amide bonds. The van der Waals surface area contributed by atoms with Gasteiger partial charge in [0.15, 0.2) is 11.5 Å². The maximum absolute atomic E-state index is 12.8. The van der Waals surface area contributed by atoms with Gasteiger partial charge in [-0.1, -0.05) is 19.9 Å². The second kappa shape index (κ2) is 9.25. The molecule has 1 aromatic carbocycles. The average molecular weight is 501 g/mol. The van der Waals surface area contributed by atoms with E-state index in [0.29, 0.717) is 24.1 Å². The number of carbonyl (C=O) groups excluding carboxylic acids is 2. The number of amides is 1. The summed E-state index contributed by atoms with van der Waals surface area (Å²) in [6.07, 6.45) is 2.65. The maximum atomic E-state index is 12.8. The van der Waals surface area contributed by atoms with Crippen LogP contribution >= 0.6 is 0 Å². The lowest BCUT2D eigenvalue weighted by atomic mass is 9.51. The van der Waals surface area contributed by atoms with E-state index in [9.17, 15) is 19.5 Å². The molecule has 0 radical (unpaired) electrons. The predicted molar refractivity (Wildman–Crippen MR) is 130 cm³/mol. The van der Waals surface area contributed by atoms with Crippen molar-refractivity contribution in [3.63, 3.8) is 0 Å². The van der Waals surface area contributed by atoms with Crippen molar-refractivity contribution in [2.24, 2.45) is 11.8 Å². The number of likely N-dealkylation sites (N-methyl/N-ethyl adjacent to an activating group) is 1. The lowest BCUT2D eigenvalue weighted by molar-refractivity contribution is -0.166. The Bertz CT molecular complexity index is 1070. The van der Waals surface area contributed by atoms with Crippen molar-refractivity contribution in [2.75, 3.05) is 20.7 Å². The van der Waals surface area contributed by atoms with E-state index in [1.54, 1.807) is 21.0 Å². The second-order valence-corrected chi connectivity index (χ2v) is 11.1. The molecule has 2 heterocycles. The molecule has 1 saturated heterocycles. The lowest BCUT2D eigenvalue weighted by Gasteiger charge is -2.58. The molecule has 1 spiro atoms. The number of nitrogens with one attached hydrogen (secondary N) is 1. The van der Waals surface area contributed by atoms with Gasteiger partial charge in [-0.05, 0) is 62.7 Å². The number of likely N-dealkylation sites (tertiary alicyclic amines) is 1. The first-order valence-electron chi connectivity index (χ1n) is 13.0. The van der Waals surface area contributed by atoms with E-state index in [1.807, 2.05) is 6.07 Å². The predicted octanol–water partition coefficient (Wildman–Crippen LogP) is 2.28. The van der Waals surface area contributed by atoms with Gasteiger partial charge in [0.05, 0.1) is 13.5 Å². The molecule has 2 N–H and O–H groups in total. The highest BCUT2D eigenvalue weighted by atomic mass is 16.6. The number of rotatable bonds is 8. The van der Waals surface area contributed by atoms with E-state index in [-0.39, 0.29) is 30.3 Å². The van der Waals surface area contributed by atoms with Crippen LogP contribution in [-0.4, -0.2) is 72.8 Å². The molecule has 1 saturated carbocycles. The zero-order valence-electron chi connectivity index (χ0n) is 21.4. The van der Waals surface area contributed by atoms with Crippen molar-refractivity contribution >= 4 is 17.8 Å². The van der Waals surface area contributed by atoms with Gasteiger partial charge in [-0.2, -0.15) is 0 Å². The van der Waals surface area contributed by atoms with Gasteiger partial charge in [-0.3, -0.25) is 9.59 Å². The van der Waals surface area contributed by atoms with Crippen LogP contribution in [0.1, 0.15) is 57.1 Å². The Morgan fingerprint density at radius 3 is 2.72 bits per heavy atom. The average Bonchev–Trinajstić information content (AvgIpc) is 3.19. The SMILES string of the molecule is COc1ccc2c3c1O[C@H]1[C@@H](OC(=O)CCC(=O)NC(C(=O)O)C(C)C)CCC4[C@@H](C2)N(C)CC[C@@]341. The van der Waals surface area contributed by atoms with Crippen LogP contribution in [0.2, 0.25) is 0 Å². The number of carboxylic acids is 1. The fourth-order valence-corrected chi connectivity index (χ4v) is 7.16. The number of benzene rings is 1. The number of carboxylic acid groups (broad SMARTS) is 1. The number of hydrogen-bond acceptors (Lipinski definition) is 7. The van der Waals surface area contributed by atoms with E-state index in [1.165, 1.54) is 11.1 Å². The summed E-state index contributed by atoms with van der Waals surface area (Å²) < 4.78 is 18.2. The Morgan fingerprint density at radius 2 is 2.03 bits per heavy atom. The Morgan fingerprint density at radius 1 is 1.25 bits per heavy atom. The first kappa shape index (κ1) is 24.9. The minimum atomic E-state index is -1.09. The molecule has 9 heteroatoms. The molecule has 5 rings (SSSR count). The molecular weight excluding hydrogens is 464 g/mol. The van der Waals surface area contributed by atoms with Gasteiger partial charge in [0.25, 0.3) is 0 Å². The largest absolute Gasteiger partial charge is 0.493 e. The van der Waals surface area contributed by atoms with Crippen molar-refractivity contribution < 1.29 is 33.7 Å². The van der Waals surface area contributed by atoms with Crippen molar-refractivity contribution in [1.82, 2.24) is 10.2 Å². The fourth-order valence-electron chi connectivity index (χ4n) is 7.16. The Hall–Kier alpha value is -2.81. The first-order chi connectivity index (χ1) is 17.2. The number of esters is 1. The van der Waals surface area contributed by atoms with Gasteiger partial charge in [0, 0.05) is 23.4 Å². The molecule has 6 atom stereocenters. The van der Waals surface area contributed by atoms with E-state index in [4.69, 9.17) is 14.2 Å². The molecule has 2 bridgehead atoms. The van der Waals surface area contributed by atoms with Crippen molar-refractivity contribution in [3.8, 4) is 11.5 Å². The van der Waals surface area contributed by atoms with E-state index < -0.39 is 30.0 Å². The van der Waals surface area contributed by atoms with Gasteiger partial charge >= 0.3 is 11.9 Å². The van der Waals surface area contributed by atoms with Gasteiger partial charge in [-0.15, -0.1) is 0 Å². The topological polar surface area (TPSA) is 114 Å². The van der Waals surface area contributed by atoms with E-state index in [0.717, 1.165) is 31.6 Å². The minimum absolute atomic E-state index is 0.108. The number of ether oxygens (including phenoxy) is 3. The molecule has 36 heavy (non-hydrogen) atoms. The van der Waals surface area contributed by atoms with Gasteiger partial charge < -0.3 is 29.5 Å². The third kappa shape index (κ3) is 3.83. The van der Waals surface area contributed by atoms with Crippen molar-refractivity contribution in [3.05, 3.63) is 23.3 Å². The second-order valence-electron chi connectivity index (χ2n) is 11.1. The van der Waals surface area contributed by atoms with Crippen LogP contribution in [0.25, 0.3) is 0 Å². The van der Waals surface area contributed by atoms with Crippen LogP contribution in [0, 0.1) is 11.8 Å². The molecule has 2 aliphatic heterocycles. The van der Waals surface area contributed by atoms with Crippen LogP contribution in [0.15, 0.2) is 12.1 Å². The number of carbonyl (C=O) groups is 3. The molecule has 2 fully saturated rings. The number of aliphatic carboxylic acids is 1. The van der Waals surface area contributed by atoms with Crippen LogP contribution in [0.3, 0.4) is 0 Å². The fraction of sp³-hybridized carbons (Fsp3) is 0.667. The monoisotopic (exact) mass is 500 g/mol. The standard InChI is InChI=1S/C27H36N2O7/c1-14(2)23(26(32)33)28-20(30)9-10-21(31)35-19-8-6-16-17-13-15-5-7-18(34-4)24-22(15)27(16,25(19)36-24)11-12-29(17)3/h5,7,14,16-17,19,23,25H,6,8-13H2,1-4H3,(H,28,30)(H,32,33)/t16?,17-,19+,23?,25+,27+/m1/s1. The molecule has 4 aliphatic rings. The van der Waals surface area contributed by atoms with Crippen LogP contribution in [0.5, 0.6) is 11.5 Å². The summed E-state index contributed by atoms with van der Waals surface area (Å²) in [5.74, 6) is -0.351. The van der Waals surface area contributed by atoms with E-state index >= 15 is 0 Å². The zero-order chi connectivity index (χ0) is 25.8. The van der Waals surface area contributed by atoms with Gasteiger partial charge in [0.1, 0.15) is 18.2 Å². The normalized spacial score (nSPS) is 30.7. The Kier molecular flexibility index (Phi) is 6.39. The number of nitrogens with zero attached hydrogens (tertiary/aromatic N) is 1. The van der Waals surface area contributed by atoms with Crippen LogP contribution in [0.4, 0.5) is 0 Å². The molecule has 0 aromatic heterocycles. The first-order valence-corrected chi connectivity index (χ1v) is 13.0. The van der Waals surface area contributed by atoms with Gasteiger partial charge in [0.2, 0.25) is 5.91 Å². The Balaban J connectivity index is 1.32. The molecule has 2 aliphatic carbocycles. The quantitative estimate of drug-likeness (QED) is 0.523. The molecular formula is C27H36N2O7. The summed E-state index contributed by atoms with van der Waals surface area (Å²) in [6.45, 7) is 4.41. The van der Waals surface area contributed by atoms with Crippen molar-refractivity contribution in [1.29, 1.82) is 0 Å². The smallest absolute Gasteiger partial charge is 0.326 e. The van der Waals surface area contributed by atoms with Crippen LogP contribution < -0.4 is 14.8 Å². The lowest BCUT2D eigenvalue weighted by Crippen LogP contribution is -2.66. The molecule has 1 aromatic rings. The van der Waals surface area contributed by atoms with Gasteiger partial charge in [-0.25, -0.2) is 4.79 Å². The van der Waals surface area contributed by atoms with Crippen LogP contribution in [-0.2, 0) is 31.0 Å². The number of hydrogen-bond donors (Lipinski definition) is 2. The third-order valence-electron chi connectivity index (χ3n) is 8.83. The third-order valence-corrected chi connectivity index (χ3v) is 8.83. The number of methoxy groups -OCH3 is 1. The summed E-state index contributed by atoms with van der Waals surface area (Å²) >= 11 is 0.